The van der Waals surface area contributed by atoms with Crippen molar-refractivity contribution >= 4 is 0 Å². The van der Waals surface area contributed by atoms with Crippen molar-refractivity contribution in [2.45, 2.75) is 52.6 Å². The molecule has 1 aromatic heterocycles. The summed E-state index contributed by atoms with van der Waals surface area (Å²) in [5, 5.41) is 8.49. The van der Waals surface area contributed by atoms with Gasteiger partial charge in [0.15, 0.2) is 0 Å². The smallest absolute Gasteiger partial charge is 0.134 e. The van der Waals surface area contributed by atoms with Gasteiger partial charge in [-0.3, -0.25) is 4.57 Å². The Morgan fingerprint density at radius 2 is 2.13 bits per heavy atom. The van der Waals surface area contributed by atoms with Crippen molar-refractivity contribution in [3.63, 3.8) is 0 Å². The summed E-state index contributed by atoms with van der Waals surface area (Å²) in [6.45, 7) is 6.63. The van der Waals surface area contributed by atoms with Crippen LogP contribution in [-0.2, 0) is 12.8 Å². The predicted molar refractivity (Wildman–Crippen MR) is 59.3 cm³/mol. The van der Waals surface area contributed by atoms with E-state index in [2.05, 4.69) is 35.5 Å². The number of aromatic nitrogens is 3. The fourth-order valence-corrected chi connectivity index (χ4v) is 2.11. The number of nitrogens with two attached hydrogens (primary N) is 1. The third-order valence-electron chi connectivity index (χ3n) is 2.76. The number of hydrogen-bond donors (Lipinski definition) is 1. The maximum Gasteiger partial charge on any atom is 0.134 e. The maximum absolute atomic E-state index is 6.09. The van der Waals surface area contributed by atoms with Gasteiger partial charge in [0.1, 0.15) is 11.6 Å². The van der Waals surface area contributed by atoms with Gasteiger partial charge in [0.25, 0.3) is 0 Å². The highest BCUT2D eigenvalue weighted by atomic mass is 15.3. The van der Waals surface area contributed by atoms with Crippen LogP contribution in [0.15, 0.2) is 0 Å². The first kappa shape index (κ1) is 10.6. The molecule has 1 aliphatic rings. The molecular formula is C11H20N4. The predicted octanol–water partition coefficient (Wildman–Crippen LogP) is 1.66. The summed E-state index contributed by atoms with van der Waals surface area (Å²) in [5.41, 5.74) is 6.33. The molecule has 0 bridgehead atoms. The van der Waals surface area contributed by atoms with E-state index in [0.717, 1.165) is 37.3 Å². The molecule has 0 saturated heterocycles. The number of aryl methyl sites for hydroxylation is 1. The van der Waals surface area contributed by atoms with Gasteiger partial charge < -0.3 is 5.73 Å². The van der Waals surface area contributed by atoms with Crippen molar-refractivity contribution < 1.29 is 0 Å². The van der Waals surface area contributed by atoms with Crippen molar-refractivity contribution in [3.05, 3.63) is 11.6 Å². The molecule has 0 fully saturated rings. The molecule has 0 spiro atoms. The van der Waals surface area contributed by atoms with E-state index in [1.807, 2.05) is 0 Å². The van der Waals surface area contributed by atoms with Crippen molar-refractivity contribution in [3.8, 4) is 0 Å². The van der Waals surface area contributed by atoms with E-state index < -0.39 is 0 Å². The highest BCUT2D eigenvalue weighted by Gasteiger charge is 2.24. The van der Waals surface area contributed by atoms with E-state index in [1.54, 1.807) is 0 Å². The van der Waals surface area contributed by atoms with E-state index in [4.69, 9.17) is 5.73 Å². The Kier molecular flexibility index (Phi) is 2.54. The van der Waals surface area contributed by atoms with Crippen LogP contribution >= 0.6 is 0 Å². The molecule has 2 N–H and O–H groups in total. The van der Waals surface area contributed by atoms with E-state index in [9.17, 15) is 0 Å². The second-order valence-electron chi connectivity index (χ2n) is 5.60. The molecule has 2 heterocycles. The van der Waals surface area contributed by atoms with Crippen molar-refractivity contribution in [2.24, 2.45) is 11.1 Å². The zero-order valence-electron chi connectivity index (χ0n) is 9.82. The van der Waals surface area contributed by atoms with Crippen LogP contribution in [0.25, 0.3) is 0 Å². The summed E-state index contributed by atoms with van der Waals surface area (Å²) in [5.74, 6) is 2.11. The number of rotatable bonds is 1. The van der Waals surface area contributed by atoms with Gasteiger partial charge >= 0.3 is 0 Å². The van der Waals surface area contributed by atoms with Crippen LogP contribution < -0.4 is 5.73 Å². The molecule has 15 heavy (non-hydrogen) atoms. The second-order valence-corrected chi connectivity index (χ2v) is 5.60. The summed E-state index contributed by atoms with van der Waals surface area (Å²) in [6, 6.07) is 0. The van der Waals surface area contributed by atoms with Gasteiger partial charge in [0, 0.05) is 12.8 Å². The molecular weight excluding hydrogens is 188 g/mol. The molecule has 0 amide bonds. The molecule has 4 nitrogen and oxygen atoms in total. The number of nitrogens with zero attached hydrogens (tertiary/aromatic N) is 3. The lowest BCUT2D eigenvalue weighted by Crippen LogP contribution is -2.28. The van der Waals surface area contributed by atoms with Crippen LogP contribution in [0.5, 0.6) is 0 Å². The van der Waals surface area contributed by atoms with Gasteiger partial charge in [-0.1, -0.05) is 20.8 Å². The fraction of sp³-hybridized carbons (Fsp3) is 0.818. The Hall–Kier alpha value is -0.900. The summed E-state index contributed by atoms with van der Waals surface area (Å²) in [7, 11) is 0. The Labute approximate surface area is 90.9 Å². The van der Waals surface area contributed by atoms with Gasteiger partial charge in [0.2, 0.25) is 0 Å². The molecule has 0 aliphatic carbocycles. The minimum Gasteiger partial charge on any atom is -0.311 e. The minimum absolute atomic E-state index is 0.0844. The molecule has 1 aromatic rings. The lowest BCUT2D eigenvalue weighted by Gasteiger charge is -2.24. The Balaban J connectivity index is 2.30. The molecule has 0 radical (unpaired) electrons. The molecule has 0 aromatic carbocycles. The zero-order chi connectivity index (χ0) is 11.1. The van der Waals surface area contributed by atoms with E-state index in [1.165, 1.54) is 0 Å². The Bertz CT molecular complexity index is 348. The second kappa shape index (κ2) is 3.59. The van der Waals surface area contributed by atoms with Gasteiger partial charge in [0.05, 0.1) is 6.17 Å². The highest BCUT2D eigenvalue weighted by molar-refractivity contribution is 5.03. The Morgan fingerprint density at radius 3 is 2.80 bits per heavy atom. The van der Waals surface area contributed by atoms with Gasteiger partial charge in [-0.15, -0.1) is 10.2 Å². The topological polar surface area (TPSA) is 56.7 Å². The van der Waals surface area contributed by atoms with Crippen LogP contribution in [0.3, 0.4) is 0 Å². The average Bonchev–Trinajstić information content (AvgIpc) is 2.47. The molecule has 1 atom stereocenters. The van der Waals surface area contributed by atoms with Gasteiger partial charge in [-0.05, 0) is 18.3 Å². The third kappa shape index (κ3) is 2.20. The van der Waals surface area contributed by atoms with Crippen molar-refractivity contribution in [1.29, 1.82) is 0 Å². The maximum atomic E-state index is 6.09. The summed E-state index contributed by atoms with van der Waals surface area (Å²) >= 11 is 0. The first-order valence-corrected chi connectivity index (χ1v) is 5.65. The van der Waals surface area contributed by atoms with Crippen LogP contribution in [0, 0.1) is 5.41 Å². The lowest BCUT2D eigenvalue weighted by atomic mass is 9.92. The van der Waals surface area contributed by atoms with Crippen LogP contribution in [-0.4, -0.2) is 14.8 Å². The average molecular weight is 208 g/mol. The summed E-state index contributed by atoms with van der Waals surface area (Å²) in [4.78, 5) is 0. The zero-order valence-corrected chi connectivity index (χ0v) is 9.82. The number of fused-ring (bicyclic) bond motifs is 1. The summed E-state index contributed by atoms with van der Waals surface area (Å²) < 4.78 is 2.13. The molecule has 2 rings (SSSR count). The summed E-state index contributed by atoms with van der Waals surface area (Å²) in [6.07, 6.45) is 4.22. The molecule has 0 saturated carbocycles. The third-order valence-corrected chi connectivity index (χ3v) is 2.76. The highest BCUT2D eigenvalue weighted by Crippen LogP contribution is 2.25. The SMILES string of the molecule is CC(C)(C)Cc1nnc2n1C(N)CCC2. The molecule has 1 aliphatic heterocycles. The normalized spacial score (nSPS) is 21.5. The molecule has 1 unspecified atom stereocenters. The lowest BCUT2D eigenvalue weighted by molar-refractivity contribution is 0.355. The minimum atomic E-state index is 0.0844. The number of hydrogen-bond acceptors (Lipinski definition) is 3. The van der Waals surface area contributed by atoms with Crippen molar-refractivity contribution in [2.75, 3.05) is 0 Å². The Morgan fingerprint density at radius 1 is 1.40 bits per heavy atom. The van der Waals surface area contributed by atoms with Gasteiger partial charge in [-0.25, -0.2) is 0 Å². The standard InChI is InChI=1S/C11H20N4/c1-11(2,3)7-10-14-13-9-6-4-5-8(12)15(9)10/h8H,4-7,12H2,1-3H3. The quantitative estimate of drug-likeness (QED) is 0.763. The monoisotopic (exact) mass is 208 g/mol. The van der Waals surface area contributed by atoms with E-state index >= 15 is 0 Å². The van der Waals surface area contributed by atoms with Crippen LogP contribution in [0.4, 0.5) is 0 Å². The van der Waals surface area contributed by atoms with E-state index in [0.29, 0.717) is 0 Å². The first-order chi connectivity index (χ1) is 6.97. The van der Waals surface area contributed by atoms with Crippen LogP contribution in [0.1, 0.15) is 51.4 Å². The largest absolute Gasteiger partial charge is 0.311 e. The van der Waals surface area contributed by atoms with E-state index in [-0.39, 0.29) is 11.6 Å². The first-order valence-electron chi connectivity index (χ1n) is 5.65. The van der Waals surface area contributed by atoms with Crippen LogP contribution in [0.2, 0.25) is 0 Å². The molecule has 4 heteroatoms. The molecule has 84 valence electrons. The van der Waals surface area contributed by atoms with Gasteiger partial charge in [-0.2, -0.15) is 0 Å². The fourth-order valence-electron chi connectivity index (χ4n) is 2.11. The van der Waals surface area contributed by atoms with Crippen molar-refractivity contribution in [1.82, 2.24) is 14.8 Å².